The average Bonchev–Trinajstić information content (AvgIpc) is 3.20. The first kappa shape index (κ1) is 36.4. The maximum absolute atomic E-state index is 12.5. The van der Waals surface area contributed by atoms with Gasteiger partial charge in [0.25, 0.3) is 5.69 Å². The summed E-state index contributed by atoms with van der Waals surface area (Å²) in [5, 5.41) is 16.6. The van der Waals surface area contributed by atoms with Gasteiger partial charge < -0.3 is 10.6 Å². The molecule has 0 bridgehead atoms. The maximum atomic E-state index is 12.5. The molecule has 0 fully saturated rings. The van der Waals surface area contributed by atoms with Crippen LogP contribution in [0.5, 0.6) is 0 Å². The van der Waals surface area contributed by atoms with E-state index in [0.29, 0.717) is 18.8 Å². The van der Waals surface area contributed by atoms with Crippen molar-refractivity contribution >= 4 is 29.1 Å². The quantitative estimate of drug-likeness (QED) is 0.110. The van der Waals surface area contributed by atoms with Crippen molar-refractivity contribution in [2.45, 2.75) is 19.5 Å². The highest BCUT2D eigenvalue weighted by Crippen LogP contribution is 2.31. The van der Waals surface area contributed by atoms with Crippen LogP contribution in [0, 0.1) is 10.1 Å². The van der Waals surface area contributed by atoms with Gasteiger partial charge in [-0.25, -0.2) is 9.59 Å². The van der Waals surface area contributed by atoms with Crippen molar-refractivity contribution in [3.05, 3.63) is 185 Å². The number of anilines is 2. The van der Waals surface area contributed by atoms with Crippen LogP contribution in [-0.2, 0) is 19.5 Å². The lowest BCUT2D eigenvalue weighted by molar-refractivity contribution is -0.384. The van der Waals surface area contributed by atoms with Crippen molar-refractivity contribution in [3.63, 3.8) is 0 Å². The Kier molecular flexibility index (Phi) is 12.7. The van der Waals surface area contributed by atoms with Crippen LogP contribution in [0.15, 0.2) is 152 Å². The molecule has 6 aromatic rings. The highest BCUT2D eigenvalue weighted by atomic mass is 16.6. The molecule has 4 aromatic carbocycles. The molecule has 2 N–H and O–H groups in total. The number of non-ortho nitro benzene ring substituents is 1. The second-order valence-electron chi connectivity index (χ2n) is 11.8. The zero-order chi connectivity index (χ0) is 36.7. The van der Waals surface area contributed by atoms with E-state index in [-0.39, 0.29) is 17.7 Å². The number of nitrogens with one attached hydrogen (secondary N) is 2. The van der Waals surface area contributed by atoms with Gasteiger partial charge in [-0.3, -0.25) is 29.9 Å². The van der Waals surface area contributed by atoms with Gasteiger partial charge in [0.1, 0.15) is 0 Å². The SMILES string of the molecule is CN(C(=O)NCc1cccnc1)c1ccccc1-c1ccc([N+](=O)[O-])cc1.CN(C(=O)NCc1cccnc1)c1ccccc1Cc1ccccc1. The molecular weight excluding hydrogens is 654 g/mol. The number of hydrogen-bond donors (Lipinski definition) is 2. The molecule has 2 heterocycles. The number of carbonyl (C=O) groups is 2. The molecule has 4 amide bonds. The predicted molar refractivity (Wildman–Crippen MR) is 204 cm³/mol. The average molecular weight is 694 g/mol. The number of carbonyl (C=O) groups excluding carboxylic acids is 2. The van der Waals surface area contributed by atoms with E-state index in [9.17, 15) is 19.7 Å². The van der Waals surface area contributed by atoms with E-state index < -0.39 is 4.92 Å². The van der Waals surface area contributed by atoms with Crippen LogP contribution in [0.3, 0.4) is 0 Å². The van der Waals surface area contributed by atoms with Gasteiger partial charge in [-0.05, 0) is 70.6 Å². The number of hydrogen-bond acceptors (Lipinski definition) is 6. The molecule has 11 nitrogen and oxygen atoms in total. The largest absolute Gasteiger partial charge is 0.334 e. The van der Waals surface area contributed by atoms with Crippen LogP contribution in [0.1, 0.15) is 22.3 Å². The molecule has 0 saturated heterocycles. The number of pyridine rings is 2. The third kappa shape index (κ3) is 10.1. The lowest BCUT2D eigenvalue weighted by Crippen LogP contribution is -2.37. The third-order valence-corrected chi connectivity index (χ3v) is 8.19. The first-order valence-electron chi connectivity index (χ1n) is 16.6. The lowest BCUT2D eigenvalue weighted by atomic mass is 10.0. The molecule has 0 saturated carbocycles. The Morgan fingerprint density at radius 1 is 0.615 bits per heavy atom. The number of rotatable bonds is 10. The predicted octanol–water partition coefficient (Wildman–Crippen LogP) is 8.02. The number of nitro groups is 1. The molecule has 0 spiro atoms. The van der Waals surface area contributed by atoms with Crippen LogP contribution < -0.4 is 20.4 Å². The van der Waals surface area contributed by atoms with E-state index in [4.69, 9.17) is 0 Å². The Bertz CT molecular complexity index is 2060. The summed E-state index contributed by atoms with van der Waals surface area (Å²) in [5.41, 5.74) is 7.47. The summed E-state index contributed by atoms with van der Waals surface area (Å²) in [6.07, 6.45) is 7.64. The van der Waals surface area contributed by atoms with E-state index in [0.717, 1.165) is 39.9 Å². The molecule has 52 heavy (non-hydrogen) atoms. The topological polar surface area (TPSA) is 134 Å². The summed E-state index contributed by atoms with van der Waals surface area (Å²) in [5.74, 6) is 0. The van der Waals surface area contributed by atoms with Gasteiger partial charge in [-0.15, -0.1) is 0 Å². The number of benzene rings is 4. The number of urea groups is 2. The molecule has 0 aliphatic carbocycles. The zero-order valence-corrected chi connectivity index (χ0v) is 28.9. The van der Waals surface area contributed by atoms with Crippen LogP contribution >= 0.6 is 0 Å². The summed E-state index contributed by atoms with van der Waals surface area (Å²) >= 11 is 0. The van der Waals surface area contributed by atoms with Crippen LogP contribution in [0.4, 0.5) is 26.7 Å². The molecule has 0 radical (unpaired) electrons. The van der Waals surface area contributed by atoms with Gasteiger partial charge in [0.2, 0.25) is 0 Å². The Balaban J connectivity index is 0.000000202. The Labute approximate surface area is 302 Å². The van der Waals surface area contributed by atoms with E-state index >= 15 is 0 Å². The van der Waals surface area contributed by atoms with E-state index in [1.807, 2.05) is 84.9 Å². The molecule has 6 rings (SSSR count). The summed E-state index contributed by atoms with van der Waals surface area (Å²) in [7, 11) is 3.48. The highest BCUT2D eigenvalue weighted by Gasteiger charge is 2.17. The van der Waals surface area contributed by atoms with E-state index in [1.165, 1.54) is 22.6 Å². The number of amides is 4. The van der Waals surface area contributed by atoms with E-state index in [2.05, 4.69) is 38.8 Å². The standard InChI is InChI=1S/C21H21N3O.C20H18N4O3/c1-24(21(25)23-16-18-10-7-13-22-15-18)20-12-6-5-11-19(20)14-17-8-3-2-4-9-17;1-23(20(25)22-14-15-5-4-12-21-13-15)19-7-3-2-6-18(19)16-8-10-17(11-9-16)24(26)27/h2-13,15H,14,16H2,1H3,(H,23,25);2-13H,14H2,1H3,(H,22,25). The van der Waals surface area contributed by atoms with Gasteiger partial charge in [0.05, 0.1) is 10.6 Å². The number of para-hydroxylation sites is 2. The summed E-state index contributed by atoms with van der Waals surface area (Å²) in [6.45, 7) is 0.828. The molecule has 2 aromatic heterocycles. The van der Waals surface area contributed by atoms with Gasteiger partial charge in [-0.1, -0.05) is 78.9 Å². The minimum atomic E-state index is -0.437. The second-order valence-corrected chi connectivity index (χ2v) is 11.8. The van der Waals surface area contributed by atoms with Gasteiger partial charge in [0.15, 0.2) is 0 Å². The van der Waals surface area contributed by atoms with Crippen LogP contribution in [0.2, 0.25) is 0 Å². The van der Waals surface area contributed by atoms with Crippen molar-refractivity contribution in [2.24, 2.45) is 0 Å². The first-order chi connectivity index (χ1) is 25.3. The monoisotopic (exact) mass is 693 g/mol. The molecular formula is C41H39N7O4. The lowest BCUT2D eigenvalue weighted by Gasteiger charge is -2.21. The van der Waals surface area contributed by atoms with Gasteiger partial charge >= 0.3 is 12.1 Å². The summed E-state index contributed by atoms with van der Waals surface area (Å²) < 4.78 is 0. The van der Waals surface area contributed by atoms with Crippen LogP contribution in [-0.4, -0.2) is 41.0 Å². The minimum absolute atomic E-state index is 0.0267. The molecule has 0 atom stereocenters. The van der Waals surface area contributed by atoms with Crippen molar-refractivity contribution < 1.29 is 14.5 Å². The fraction of sp³-hybridized carbons (Fsp3) is 0.122. The molecule has 262 valence electrons. The zero-order valence-electron chi connectivity index (χ0n) is 28.9. The molecule has 0 aliphatic heterocycles. The van der Waals surface area contributed by atoms with Crippen molar-refractivity contribution in [3.8, 4) is 11.1 Å². The maximum Gasteiger partial charge on any atom is 0.321 e. The van der Waals surface area contributed by atoms with E-state index in [1.54, 1.807) is 55.9 Å². The number of nitrogens with zero attached hydrogens (tertiary/aromatic N) is 5. The van der Waals surface area contributed by atoms with Crippen LogP contribution in [0.25, 0.3) is 11.1 Å². The van der Waals surface area contributed by atoms with Crippen molar-refractivity contribution in [1.29, 1.82) is 0 Å². The Morgan fingerprint density at radius 2 is 1.12 bits per heavy atom. The fourth-order valence-corrected chi connectivity index (χ4v) is 5.39. The Morgan fingerprint density at radius 3 is 1.67 bits per heavy atom. The normalized spacial score (nSPS) is 10.3. The molecule has 0 unspecified atom stereocenters. The van der Waals surface area contributed by atoms with Crippen molar-refractivity contribution in [2.75, 3.05) is 23.9 Å². The highest BCUT2D eigenvalue weighted by molar-refractivity contribution is 5.96. The first-order valence-corrected chi connectivity index (χ1v) is 16.6. The second kappa shape index (κ2) is 18.2. The van der Waals surface area contributed by atoms with Gasteiger partial charge in [-0.2, -0.15) is 0 Å². The molecule has 11 heteroatoms. The van der Waals surface area contributed by atoms with Crippen molar-refractivity contribution in [1.82, 2.24) is 20.6 Å². The summed E-state index contributed by atoms with van der Waals surface area (Å²) in [6, 6.07) is 39.0. The number of nitro benzene ring substituents is 1. The smallest absolute Gasteiger partial charge is 0.321 e. The summed E-state index contributed by atoms with van der Waals surface area (Å²) in [4.78, 5) is 46.7. The fourth-order valence-electron chi connectivity index (χ4n) is 5.39. The third-order valence-electron chi connectivity index (χ3n) is 8.19. The van der Waals surface area contributed by atoms with Gasteiger partial charge in [0, 0.05) is 75.4 Å². The Hall–Kier alpha value is -6.88. The molecule has 0 aliphatic rings. The minimum Gasteiger partial charge on any atom is -0.334 e. The number of aromatic nitrogens is 2.